The summed E-state index contributed by atoms with van der Waals surface area (Å²) in [4.78, 5) is 14.6. The fraction of sp³-hybridized carbons (Fsp3) is 0.444. The van der Waals surface area contributed by atoms with Crippen LogP contribution in [0.3, 0.4) is 0 Å². The third-order valence-electron chi connectivity index (χ3n) is 4.48. The van der Waals surface area contributed by atoms with E-state index in [4.69, 9.17) is 0 Å². The smallest absolute Gasteiger partial charge is 0.238 e. The van der Waals surface area contributed by atoms with E-state index < -0.39 is 0 Å². The molecule has 2 N–H and O–H groups in total. The van der Waals surface area contributed by atoms with Crippen LogP contribution in [0.2, 0.25) is 0 Å². The molecular weight excluding hydrogens is 288 g/mol. The number of aromatic nitrogens is 2. The Morgan fingerprint density at radius 3 is 2.74 bits per heavy atom. The van der Waals surface area contributed by atoms with Gasteiger partial charge in [-0.05, 0) is 31.9 Å². The Morgan fingerprint density at radius 1 is 1.35 bits per heavy atom. The Kier molecular flexibility index (Phi) is 4.22. The molecule has 1 atom stereocenters. The highest BCUT2D eigenvalue weighted by Gasteiger charge is 2.25. The van der Waals surface area contributed by atoms with E-state index in [-0.39, 0.29) is 5.91 Å². The van der Waals surface area contributed by atoms with Crippen LogP contribution >= 0.6 is 0 Å². The van der Waals surface area contributed by atoms with Crippen molar-refractivity contribution in [3.05, 3.63) is 46.3 Å². The number of H-pyrrole nitrogens is 1. The Balaban J connectivity index is 1.67. The first kappa shape index (κ1) is 15.7. The molecule has 1 aliphatic heterocycles. The van der Waals surface area contributed by atoms with Crippen LogP contribution in [0.5, 0.6) is 0 Å². The van der Waals surface area contributed by atoms with E-state index >= 15 is 0 Å². The van der Waals surface area contributed by atoms with Crippen molar-refractivity contribution in [2.45, 2.75) is 40.2 Å². The Morgan fingerprint density at radius 2 is 2.04 bits per heavy atom. The number of aromatic amines is 1. The molecule has 0 aliphatic carbocycles. The molecule has 3 rings (SSSR count). The molecule has 1 aromatic heterocycles. The minimum atomic E-state index is 0.0409. The van der Waals surface area contributed by atoms with Crippen LogP contribution in [-0.4, -0.2) is 34.1 Å². The highest BCUT2D eigenvalue weighted by molar-refractivity contribution is 5.93. The molecule has 0 bridgehead atoms. The number of nitrogens with one attached hydrogen (secondary N) is 2. The van der Waals surface area contributed by atoms with Gasteiger partial charge in [0.25, 0.3) is 0 Å². The van der Waals surface area contributed by atoms with Crippen LogP contribution in [0.1, 0.15) is 40.8 Å². The van der Waals surface area contributed by atoms with Gasteiger partial charge in [-0.25, -0.2) is 0 Å². The van der Waals surface area contributed by atoms with Gasteiger partial charge < -0.3 is 5.32 Å². The van der Waals surface area contributed by atoms with Crippen molar-refractivity contribution in [1.82, 2.24) is 15.1 Å². The van der Waals surface area contributed by atoms with Gasteiger partial charge in [-0.15, -0.1) is 0 Å². The minimum Gasteiger partial charge on any atom is -0.324 e. The predicted molar refractivity (Wildman–Crippen MR) is 91.6 cm³/mol. The van der Waals surface area contributed by atoms with E-state index in [9.17, 15) is 4.79 Å². The highest BCUT2D eigenvalue weighted by atomic mass is 16.2. The van der Waals surface area contributed by atoms with Crippen LogP contribution in [0.15, 0.2) is 18.3 Å². The van der Waals surface area contributed by atoms with E-state index in [0.29, 0.717) is 12.5 Å². The molecule has 122 valence electrons. The normalized spacial score (nSPS) is 17.8. The average molecular weight is 312 g/mol. The van der Waals surface area contributed by atoms with Crippen molar-refractivity contribution in [2.24, 2.45) is 0 Å². The molecule has 1 aliphatic rings. The van der Waals surface area contributed by atoms with Gasteiger partial charge in [0.15, 0.2) is 0 Å². The zero-order valence-electron chi connectivity index (χ0n) is 14.2. The zero-order valence-corrected chi connectivity index (χ0v) is 14.2. The third kappa shape index (κ3) is 3.29. The molecule has 1 unspecified atom stereocenters. The summed E-state index contributed by atoms with van der Waals surface area (Å²) in [6, 6.07) is 4.20. The van der Waals surface area contributed by atoms with Gasteiger partial charge in [-0.1, -0.05) is 24.6 Å². The number of rotatable bonds is 3. The number of carbonyl (C=O) groups is 1. The van der Waals surface area contributed by atoms with E-state index in [2.05, 4.69) is 46.4 Å². The van der Waals surface area contributed by atoms with Gasteiger partial charge in [0.2, 0.25) is 5.91 Å². The van der Waals surface area contributed by atoms with Gasteiger partial charge >= 0.3 is 0 Å². The van der Waals surface area contributed by atoms with Gasteiger partial charge in [0.1, 0.15) is 0 Å². The lowest BCUT2D eigenvalue weighted by molar-refractivity contribution is -0.117. The minimum absolute atomic E-state index is 0.0409. The Bertz CT molecular complexity index is 711. The van der Waals surface area contributed by atoms with Crippen molar-refractivity contribution in [1.29, 1.82) is 0 Å². The number of aryl methyl sites for hydroxylation is 3. The first-order valence-corrected chi connectivity index (χ1v) is 8.06. The standard InChI is InChI=1S/C18H24N4O/c1-11-5-12(2)17(13(3)6-11)20-16(23)10-22-8-14(4)18-15(9-22)7-19-21-18/h5-7,14H,8-10H2,1-4H3,(H,19,21)(H,20,23). The molecule has 0 saturated carbocycles. The number of hydrogen-bond acceptors (Lipinski definition) is 3. The Labute approximate surface area is 137 Å². The number of anilines is 1. The molecule has 2 heterocycles. The fourth-order valence-corrected chi connectivity index (χ4v) is 3.54. The van der Waals surface area contributed by atoms with Crippen LogP contribution in [0.4, 0.5) is 5.69 Å². The average Bonchev–Trinajstić information content (AvgIpc) is 2.91. The monoisotopic (exact) mass is 312 g/mol. The highest BCUT2D eigenvalue weighted by Crippen LogP contribution is 2.26. The number of nitrogens with zero attached hydrogens (tertiary/aromatic N) is 2. The summed E-state index contributed by atoms with van der Waals surface area (Å²) >= 11 is 0. The molecule has 0 radical (unpaired) electrons. The van der Waals surface area contributed by atoms with Crippen LogP contribution in [-0.2, 0) is 11.3 Å². The molecule has 0 fully saturated rings. The topological polar surface area (TPSA) is 61.0 Å². The first-order valence-electron chi connectivity index (χ1n) is 8.06. The van der Waals surface area contributed by atoms with E-state index in [1.165, 1.54) is 16.8 Å². The molecule has 1 aromatic carbocycles. The maximum atomic E-state index is 12.5. The van der Waals surface area contributed by atoms with Crippen molar-refractivity contribution >= 4 is 11.6 Å². The number of fused-ring (bicyclic) bond motifs is 1. The maximum Gasteiger partial charge on any atom is 0.238 e. The quantitative estimate of drug-likeness (QED) is 0.916. The van der Waals surface area contributed by atoms with E-state index in [0.717, 1.165) is 29.9 Å². The molecule has 2 aromatic rings. The molecule has 5 nitrogen and oxygen atoms in total. The van der Waals surface area contributed by atoms with Gasteiger partial charge in [-0.2, -0.15) is 5.10 Å². The van der Waals surface area contributed by atoms with E-state index in [1.807, 2.05) is 20.0 Å². The summed E-state index contributed by atoms with van der Waals surface area (Å²) in [5.74, 6) is 0.413. The van der Waals surface area contributed by atoms with Crippen molar-refractivity contribution in [3.63, 3.8) is 0 Å². The SMILES string of the molecule is Cc1cc(C)c(NC(=O)CN2Cc3cn[nH]c3C(C)C2)c(C)c1. The van der Waals surface area contributed by atoms with Crippen LogP contribution in [0, 0.1) is 20.8 Å². The van der Waals surface area contributed by atoms with Crippen LogP contribution in [0.25, 0.3) is 0 Å². The number of hydrogen-bond donors (Lipinski definition) is 2. The van der Waals surface area contributed by atoms with Crippen LogP contribution < -0.4 is 5.32 Å². The second-order valence-electron chi connectivity index (χ2n) is 6.70. The largest absolute Gasteiger partial charge is 0.324 e. The summed E-state index contributed by atoms with van der Waals surface area (Å²) < 4.78 is 0. The van der Waals surface area contributed by atoms with Crippen molar-refractivity contribution in [3.8, 4) is 0 Å². The summed E-state index contributed by atoms with van der Waals surface area (Å²) in [5, 5.41) is 10.3. The lowest BCUT2D eigenvalue weighted by Gasteiger charge is -2.30. The third-order valence-corrected chi connectivity index (χ3v) is 4.48. The van der Waals surface area contributed by atoms with Gasteiger partial charge in [0.05, 0.1) is 12.7 Å². The predicted octanol–water partition coefficient (Wildman–Crippen LogP) is 2.89. The zero-order chi connectivity index (χ0) is 16.6. The summed E-state index contributed by atoms with van der Waals surface area (Å²) in [6.45, 7) is 10.4. The number of benzene rings is 1. The summed E-state index contributed by atoms with van der Waals surface area (Å²) in [5.41, 5.74) is 6.77. The summed E-state index contributed by atoms with van der Waals surface area (Å²) in [6.07, 6.45) is 1.87. The van der Waals surface area contributed by atoms with E-state index in [1.54, 1.807) is 0 Å². The number of amides is 1. The number of carbonyl (C=O) groups excluding carboxylic acids is 1. The van der Waals surface area contributed by atoms with Gasteiger partial charge in [0, 0.05) is 36.0 Å². The molecule has 0 spiro atoms. The summed E-state index contributed by atoms with van der Waals surface area (Å²) in [7, 11) is 0. The molecule has 1 amide bonds. The molecule has 0 saturated heterocycles. The second-order valence-corrected chi connectivity index (χ2v) is 6.70. The van der Waals surface area contributed by atoms with Crippen molar-refractivity contribution in [2.75, 3.05) is 18.4 Å². The fourth-order valence-electron chi connectivity index (χ4n) is 3.54. The second kappa shape index (κ2) is 6.16. The first-order chi connectivity index (χ1) is 10.9. The molecule has 23 heavy (non-hydrogen) atoms. The lowest BCUT2D eigenvalue weighted by Crippen LogP contribution is -2.38. The maximum absolute atomic E-state index is 12.5. The van der Waals surface area contributed by atoms with Gasteiger partial charge in [-0.3, -0.25) is 14.8 Å². The van der Waals surface area contributed by atoms with Crippen molar-refractivity contribution < 1.29 is 4.79 Å². The Hall–Kier alpha value is -2.14. The molecule has 5 heteroatoms. The molecular formula is C18H24N4O. The lowest BCUT2D eigenvalue weighted by atomic mass is 9.98.